The Kier molecular flexibility index (Phi) is 9.45. The zero-order chi connectivity index (χ0) is 22.9. The highest BCUT2D eigenvalue weighted by molar-refractivity contribution is 7.99. The fourth-order valence-electron chi connectivity index (χ4n) is 3.16. The van der Waals surface area contributed by atoms with E-state index < -0.39 is 0 Å². The third-order valence-electron chi connectivity index (χ3n) is 4.89. The van der Waals surface area contributed by atoms with Crippen LogP contribution < -0.4 is 5.32 Å². The van der Waals surface area contributed by atoms with Crippen LogP contribution in [0.15, 0.2) is 53.7 Å². The van der Waals surface area contributed by atoms with Crippen LogP contribution in [0.2, 0.25) is 10.0 Å². The van der Waals surface area contributed by atoms with Gasteiger partial charge in [-0.25, -0.2) is 0 Å². The topological polar surface area (TPSA) is 59.8 Å². The molecule has 3 aromatic rings. The van der Waals surface area contributed by atoms with Gasteiger partial charge in [0, 0.05) is 25.1 Å². The van der Waals surface area contributed by atoms with Crippen molar-refractivity contribution in [2.24, 2.45) is 5.92 Å². The number of rotatable bonds is 11. The Morgan fingerprint density at radius 3 is 2.59 bits per heavy atom. The zero-order valence-corrected chi connectivity index (χ0v) is 20.7. The average molecular weight is 491 g/mol. The molecule has 0 fully saturated rings. The van der Waals surface area contributed by atoms with Crippen molar-refractivity contribution in [2.45, 2.75) is 44.7 Å². The molecule has 1 N–H and O–H groups in total. The van der Waals surface area contributed by atoms with Crippen LogP contribution in [0.3, 0.4) is 0 Å². The number of amides is 1. The molecule has 1 heterocycles. The molecule has 8 heteroatoms. The molecule has 2 aromatic carbocycles. The molecule has 170 valence electrons. The average Bonchev–Trinajstić information content (AvgIpc) is 3.16. The summed E-state index contributed by atoms with van der Waals surface area (Å²) in [4.78, 5) is 12.0. The van der Waals surface area contributed by atoms with E-state index in [1.54, 1.807) is 17.8 Å². The monoisotopic (exact) mass is 490 g/mol. The van der Waals surface area contributed by atoms with E-state index in [2.05, 4.69) is 41.5 Å². The molecule has 0 saturated heterocycles. The predicted molar refractivity (Wildman–Crippen MR) is 133 cm³/mol. The third kappa shape index (κ3) is 7.26. The van der Waals surface area contributed by atoms with Crippen molar-refractivity contribution in [1.29, 1.82) is 0 Å². The van der Waals surface area contributed by atoms with Crippen molar-refractivity contribution >= 4 is 40.9 Å². The maximum absolute atomic E-state index is 12.0. The lowest BCUT2D eigenvalue weighted by atomic mass is 10.1. The van der Waals surface area contributed by atoms with Crippen LogP contribution in [0, 0.1) is 5.92 Å². The molecule has 0 spiro atoms. The van der Waals surface area contributed by atoms with Crippen LogP contribution in [-0.4, -0.2) is 33.0 Å². The van der Waals surface area contributed by atoms with Crippen molar-refractivity contribution in [2.75, 3.05) is 12.3 Å². The standard InChI is InChI=1S/C24H28Cl2N4OS/c1-17(2)12-13-27-23(31)9-6-14-32-24-29-28-22(15-18-7-4-3-5-8-18)30(24)19-10-11-20(25)21(26)16-19/h3-5,7-8,10-11,16-17H,6,9,12-15H2,1-2H3,(H,27,31). The molecule has 0 unspecified atom stereocenters. The lowest BCUT2D eigenvalue weighted by Gasteiger charge is -2.11. The van der Waals surface area contributed by atoms with Gasteiger partial charge in [-0.1, -0.05) is 79.1 Å². The highest BCUT2D eigenvalue weighted by Gasteiger charge is 2.16. The molecule has 0 atom stereocenters. The molecule has 0 aliphatic heterocycles. The van der Waals surface area contributed by atoms with Crippen LogP contribution >= 0.6 is 35.0 Å². The van der Waals surface area contributed by atoms with Gasteiger partial charge >= 0.3 is 0 Å². The van der Waals surface area contributed by atoms with Crippen molar-refractivity contribution in [3.63, 3.8) is 0 Å². The van der Waals surface area contributed by atoms with E-state index in [4.69, 9.17) is 23.2 Å². The second-order valence-corrected chi connectivity index (χ2v) is 9.86. The first kappa shape index (κ1) is 24.6. The van der Waals surface area contributed by atoms with Crippen LogP contribution in [0.25, 0.3) is 5.69 Å². The largest absolute Gasteiger partial charge is 0.356 e. The Balaban J connectivity index is 1.68. The Hall–Kier alpha value is -2.02. The number of aromatic nitrogens is 3. The maximum atomic E-state index is 12.0. The zero-order valence-electron chi connectivity index (χ0n) is 18.4. The summed E-state index contributed by atoms with van der Waals surface area (Å²) in [7, 11) is 0. The molecule has 0 bridgehead atoms. The number of nitrogens with one attached hydrogen (secondary N) is 1. The summed E-state index contributed by atoms with van der Waals surface area (Å²) in [6, 6.07) is 15.7. The number of nitrogens with zero attached hydrogens (tertiary/aromatic N) is 3. The second-order valence-electron chi connectivity index (χ2n) is 7.98. The number of benzene rings is 2. The van der Waals surface area contributed by atoms with Crippen LogP contribution in [0.4, 0.5) is 0 Å². The second kappa shape index (κ2) is 12.3. The van der Waals surface area contributed by atoms with Crippen molar-refractivity contribution < 1.29 is 4.79 Å². The summed E-state index contributed by atoms with van der Waals surface area (Å²) in [6.07, 6.45) is 2.91. The molecule has 1 aromatic heterocycles. The van der Waals surface area contributed by atoms with E-state index in [1.807, 2.05) is 34.9 Å². The van der Waals surface area contributed by atoms with E-state index in [9.17, 15) is 4.79 Å². The minimum absolute atomic E-state index is 0.0990. The molecule has 0 saturated carbocycles. The first-order chi connectivity index (χ1) is 15.4. The van der Waals surface area contributed by atoms with Gasteiger partial charge in [-0.05, 0) is 42.5 Å². The van der Waals surface area contributed by atoms with Gasteiger partial charge in [0.2, 0.25) is 5.91 Å². The van der Waals surface area contributed by atoms with Gasteiger partial charge in [0.05, 0.1) is 15.7 Å². The van der Waals surface area contributed by atoms with Crippen LogP contribution in [0.1, 0.15) is 44.5 Å². The van der Waals surface area contributed by atoms with Gasteiger partial charge in [-0.2, -0.15) is 0 Å². The summed E-state index contributed by atoms with van der Waals surface area (Å²) in [5.74, 6) is 2.27. The number of hydrogen-bond donors (Lipinski definition) is 1. The lowest BCUT2D eigenvalue weighted by Crippen LogP contribution is -2.25. The van der Waals surface area contributed by atoms with Gasteiger partial charge in [0.25, 0.3) is 0 Å². The Morgan fingerprint density at radius 1 is 1.09 bits per heavy atom. The summed E-state index contributed by atoms with van der Waals surface area (Å²) in [5, 5.41) is 13.6. The van der Waals surface area contributed by atoms with Gasteiger partial charge in [-0.15, -0.1) is 10.2 Å². The molecule has 0 radical (unpaired) electrons. The van der Waals surface area contributed by atoms with Crippen molar-refractivity contribution in [3.8, 4) is 5.69 Å². The first-order valence-electron chi connectivity index (χ1n) is 10.8. The Bertz CT molecular complexity index is 1020. The molecule has 3 rings (SSSR count). The highest BCUT2D eigenvalue weighted by atomic mass is 35.5. The first-order valence-corrected chi connectivity index (χ1v) is 12.5. The highest BCUT2D eigenvalue weighted by Crippen LogP contribution is 2.29. The summed E-state index contributed by atoms with van der Waals surface area (Å²) < 4.78 is 2.02. The van der Waals surface area contributed by atoms with Gasteiger partial charge in [0.15, 0.2) is 5.16 Å². The van der Waals surface area contributed by atoms with Gasteiger partial charge < -0.3 is 5.32 Å². The minimum Gasteiger partial charge on any atom is -0.356 e. The smallest absolute Gasteiger partial charge is 0.220 e. The lowest BCUT2D eigenvalue weighted by molar-refractivity contribution is -0.121. The van der Waals surface area contributed by atoms with E-state index in [1.165, 1.54) is 0 Å². The molecular weight excluding hydrogens is 463 g/mol. The van der Waals surface area contributed by atoms with Gasteiger partial charge in [-0.3, -0.25) is 9.36 Å². The molecular formula is C24H28Cl2N4OS. The summed E-state index contributed by atoms with van der Waals surface area (Å²) in [6.45, 7) is 5.04. The Morgan fingerprint density at radius 2 is 1.88 bits per heavy atom. The quantitative estimate of drug-likeness (QED) is 0.256. The number of halogens is 2. The van der Waals surface area contributed by atoms with Crippen LogP contribution in [0.5, 0.6) is 0 Å². The fraction of sp³-hybridized carbons (Fsp3) is 0.375. The molecule has 0 aliphatic carbocycles. The number of carbonyl (C=O) groups is 1. The van der Waals surface area contributed by atoms with E-state index in [0.29, 0.717) is 28.8 Å². The number of hydrogen-bond acceptors (Lipinski definition) is 4. The normalized spacial score (nSPS) is 11.2. The minimum atomic E-state index is 0.0990. The number of thioether (sulfide) groups is 1. The molecule has 1 amide bonds. The maximum Gasteiger partial charge on any atom is 0.220 e. The third-order valence-corrected chi connectivity index (χ3v) is 6.64. The van der Waals surface area contributed by atoms with E-state index in [-0.39, 0.29) is 5.91 Å². The van der Waals surface area contributed by atoms with E-state index in [0.717, 1.165) is 47.4 Å². The predicted octanol–water partition coefficient (Wildman–Crippen LogP) is 6.20. The molecule has 32 heavy (non-hydrogen) atoms. The number of carbonyl (C=O) groups excluding carboxylic acids is 1. The SMILES string of the molecule is CC(C)CCNC(=O)CCCSc1nnc(Cc2ccccc2)n1-c1ccc(Cl)c(Cl)c1. The van der Waals surface area contributed by atoms with Crippen molar-refractivity contribution in [1.82, 2.24) is 20.1 Å². The molecule has 5 nitrogen and oxygen atoms in total. The van der Waals surface area contributed by atoms with Gasteiger partial charge in [0.1, 0.15) is 5.82 Å². The van der Waals surface area contributed by atoms with E-state index >= 15 is 0 Å². The summed E-state index contributed by atoms with van der Waals surface area (Å²) in [5.41, 5.74) is 2.01. The summed E-state index contributed by atoms with van der Waals surface area (Å²) >= 11 is 14.0. The fourth-order valence-corrected chi connectivity index (χ4v) is 4.36. The Labute approximate surface area is 203 Å². The van der Waals surface area contributed by atoms with Crippen LogP contribution in [-0.2, 0) is 11.2 Å². The molecule has 0 aliphatic rings. The van der Waals surface area contributed by atoms with Crippen molar-refractivity contribution in [3.05, 3.63) is 70.0 Å².